The van der Waals surface area contributed by atoms with Gasteiger partial charge < -0.3 is 23.9 Å². The van der Waals surface area contributed by atoms with Gasteiger partial charge in [-0.1, -0.05) is 42.1 Å². The average molecular weight is 457 g/mol. The number of ether oxygens (including phenoxy) is 4. The smallest absolute Gasteiger partial charge is 0.493 e. The number of nitrogens with one attached hydrogen (secondary N) is 1. The molecule has 0 spiro atoms. The molecule has 0 amide bonds. The fourth-order valence-corrected chi connectivity index (χ4v) is 3.98. The van der Waals surface area contributed by atoms with Crippen molar-refractivity contribution in [1.82, 2.24) is 15.0 Å². The molecular formula is C22H17F2N3O4S. The van der Waals surface area contributed by atoms with E-state index in [4.69, 9.17) is 9.47 Å². The Kier molecular flexibility index (Phi) is 5.22. The Morgan fingerprint density at radius 2 is 1.84 bits per heavy atom. The van der Waals surface area contributed by atoms with Crippen LogP contribution in [-0.2, 0) is 12.4 Å². The lowest BCUT2D eigenvalue weighted by atomic mass is 10.2. The Bertz CT molecular complexity index is 1220. The number of nitrogens with zero attached hydrogens (tertiary/aromatic N) is 2. The highest BCUT2D eigenvalue weighted by molar-refractivity contribution is 7.98. The average Bonchev–Trinajstić information content (AvgIpc) is 3.32. The number of H-pyrrole nitrogens is 1. The number of alkyl halides is 2. The van der Waals surface area contributed by atoms with E-state index in [0.29, 0.717) is 40.0 Å². The number of halogens is 2. The maximum Gasteiger partial charge on any atom is 0.586 e. The molecule has 1 N–H and O–H groups in total. The van der Waals surface area contributed by atoms with Crippen molar-refractivity contribution in [2.75, 3.05) is 7.11 Å². The summed E-state index contributed by atoms with van der Waals surface area (Å²) in [4.78, 5) is 12.0. The van der Waals surface area contributed by atoms with E-state index in [0.717, 1.165) is 11.3 Å². The van der Waals surface area contributed by atoms with Gasteiger partial charge in [0.25, 0.3) is 0 Å². The van der Waals surface area contributed by atoms with E-state index < -0.39 is 6.29 Å². The van der Waals surface area contributed by atoms with E-state index >= 15 is 0 Å². The first-order chi connectivity index (χ1) is 15.5. The summed E-state index contributed by atoms with van der Waals surface area (Å²) in [5, 5.41) is 0.612. The zero-order valence-corrected chi connectivity index (χ0v) is 17.6. The van der Waals surface area contributed by atoms with Gasteiger partial charge in [-0.25, -0.2) is 4.98 Å². The summed E-state index contributed by atoms with van der Waals surface area (Å²) < 4.78 is 46.6. The first-order valence-electron chi connectivity index (χ1n) is 9.61. The molecule has 0 fully saturated rings. The van der Waals surface area contributed by atoms with Crippen molar-refractivity contribution in [2.45, 2.75) is 23.8 Å². The van der Waals surface area contributed by atoms with E-state index in [1.807, 2.05) is 36.4 Å². The van der Waals surface area contributed by atoms with Crippen molar-refractivity contribution in [3.8, 4) is 23.0 Å². The molecule has 10 heteroatoms. The van der Waals surface area contributed by atoms with E-state index in [2.05, 4.69) is 24.4 Å². The number of thioether (sulfide) groups is 1. The SMILES string of the molecule is COc1cc(CSc2nc3cc4c(cc3[nH]2)OC(F)(F)O4)ncc1OCc1ccccc1. The van der Waals surface area contributed by atoms with Crippen LogP contribution in [0.2, 0.25) is 0 Å². The number of methoxy groups -OCH3 is 1. The topological polar surface area (TPSA) is 78.5 Å². The number of fused-ring (bicyclic) bond motifs is 2. The number of aromatic amines is 1. The molecule has 2 aromatic heterocycles. The van der Waals surface area contributed by atoms with Gasteiger partial charge in [0.15, 0.2) is 28.2 Å². The highest BCUT2D eigenvalue weighted by Crippen LogP contribution is 2.43. The molecule has 0 bridgehead atoms. The lowest BCUT2D eigenvalue weighted by molar-refractivity contribution is -0.286. The number of imidazole rings is 1. The summed E-state index contributed by atoms with van der Waals surface area (Å²) in [5.74, 6) is 1.59. The molecule has 3 heterocycles. The van der Waals surface area contributed by atoms with E-state index in [9.17, 15) is 8.78 Å². The number of hydrogen-bond donors (Lipinski definition) is 1. The van der Waals surface area contributed by atoms with Gasteiger partial charge in [0.1, 0.15) is 6.61 Å². The normalized spacial score (nSPS) is 14.0. The number of hydrogen-bond acceptors (Lipinski definition) is 7. The molecule has 2 aromatic carbocycles. The molecule has 0 saturated heterocycles. The van der Waals surface area contributed by atoms with E-state index in [1.165, 1.54) is 23.9 Å². The summed E-state index contributed by atoms with van der Waals surface area (Å²) in [7, 11) is 1.58. The number of benzene rings is 2. The third kappa shape index (κ3) is 4.26. The highest BCUT2D eigenvalue weighted by Gasteiger charge is 2.43. The number of rotatable bonds is 7. The first-order valence-corrected chi connectivity index (χ1v) is 10.6. The summed E-state index contributed by atoms with van der Waals surface area (Å²) in [6.45, 7) is 0.412. The standard InChI is InChI=1S/C22H17F2N3O4S/c1-28-17-7-14(25-10-20(17)29-11-13-5-3-2-4-6-13)12-32-21-26-15-8-18-19(9-16(15)27-21)31-22(23,24)30-18/h2-10H,11-12H2,1H3,(H,26,27). The minimum Gasteiger partial charge on any atom is -0.493 e. The van der Waals surface area contributed by atoms with Gasteiger partial charge in [0, 0.05) is 24.0 Å². The van der Waals surface area contributed by atoms with Crippen LogP contribution in [0.3, 0.4) is 0 Å². The van der Waals surface area contributed by atoms with Crippen LogP contribution >= 0.6 is 11.8 Å². The lowest BCUT2D eigenvalue weighted by Gasteiger charge is -2.11. The quantitative estimate of drug-likeness (QED) is 0.384. The highest BCUT2D eigenvalue weighted by atomic mass is 32.2. The molecular weight excluding hydrogens is 440 g/mol. The second kappa shape index (κ2) is 8.19. The van der Waals surface area contributed by atoms with Crippen molar-refractivity contribution < 1.29 is 27.7 Å². The maximum atomic E-state index is 13.2. The summed E-state index contributed by atoms with van der Waals surface area (Å²) in [6, 6.07) is 14.5. The van der Waals surface area contributed by atoms with Crippen LogP contribution in [0.5, 0.6) is 23.0 Å². The zero-order chi connectivity index (χ0) is 22.1. The molecule has 0 radical (unpaired) electrons. The summed E-state index contributed by atoms with van der Waals surface area (Å²) in [5.41, 5.74) is 2.89. The molecule has 164 valence electrons. The van der Waals surface area contributed by atoms with E-state index in [-0.39, 0.29) is 11.5 Å². The molecule has 0 unspecified atom stereocenters. The van der Waals surface area contributed by atoms with Crippen LogP contribution < -0.4 is 18.9 Å². The largest absolute Gasteiger partial charge is 0.586 e. The Hall–Kier alpha value is -3.53. The van der Waals surface area contributed by atoms with Crippen molar-refractivity contribution in [2.24, 2.45) is 0 Å². The van der Waals surface area contributed by atoms with Gasteiger partial charge in [-0.15, -0.1) is 8.78 Å². The van der Waals surface area contributed by atoms with Gasteiger partial charge in [0.2, 0.25) is 0 Å². The van der Waals surface area contributed by atoms with Gasteiger partial charge in [-0.3, -0.25) is 4.98 Å². The fraction of sp³-hybridized carbons (Fsp3) is 0.182. The second-order valence-corrected chi connectivity index (χ2v) is 7.88. The minimum atomic E-state index is -3.65. The second-order valence-electron chi connectivity index (χ2n) is 6.91. The van der Waals surface area contributed by atoms with Gasteiger partial charge in [-0.05, 0) is 5.56 Å². The molecule has 32 heavy (non-hydrogen) atoms. The molecule has 5 rings (SSSR count). The van der Waals surface area contributed by atoms with Gasteiger partial charge >= 0.3 is 6.29 Å². The predicted octanol–water partition coefficient (Wildman–Crippen LogP) is 5.16. The van der Waals surface area contributed by atoms with Crippen molar-refractivity contribution in [1.29, 1.82) is 0 Å². The van der Waals surface area contributed by atoms with E-state index in [1.54, 1.807) is 13.3 Å². The number of pyridine rings is 1. The molecule has 7 nitrogen and oxygen atoms in total. The molecule has 1 aliphatic heterocycles. The van der Waals surface area contributed by atoms with Crippen molar-refractivity contribution in [3.63, 3.8) is 0 Å². The summed E-state index contributed by atoms with van der Waals surface area (Å²) in [6.07, 6.45) is -2.02. The zero-order valence-electron chi connectivity index (χ0n) is 16.8. The van der Waals surface area contributed by atoms with Crippen molar-refractivity contribution in [3.05, 3.63) is 66.0 Å². The van der Waals surface area contributed by atoms with Crippen LogP contribution in [-0.4, -0.2) is 28.4 Å². The Morgan fingerprint density at radius 3 is 2.62 bits per heavy atom. The van der Waals surface area contributed by atoms with Gasteiger partial charge in [0.05, 0.1) is 30.0 Å². The molecule has 0 aliphatic carbocycles. The van der Waals surface area contributed by atoms with Gasteiger partial charge in [-0.2, -0.15) is 0 Å². The lowest BCUT2D eigenvalue weighted by Crippen LogP contribution is -2.25. The third-order valence-electron chi connectivity index (χ3n) is 4.69. The molecule has 0 atom stereocenters. The molecule has 0 saturated carbocycles. The Balaban J connectivity index is 1.26. The van der Waals surface area contributed by atoms with Crippen molar-refractivity contribution >= 4 is 22.8 Å². The monoisotopic (exact) mass is 457 g/mol. The minimum absolute atomic E-state index is 0.0276. The van der Waals surface area contributed by atoms with Crippen LogP contribution in [0, 0.1) is 0 Å². The van der Waals surface area contributed by atoms with Crippen LogP contribution in [0.15, 0.2) is 59.9 Å². The Morgan fingerprint density at radius 1 is 1.06 bits per heavy atom. The third-order valence-corrected chi connectivity index (χ3v) is 5.59. The molecule has 1 aliphatic rings. The fourth-order valence-electron chi connectivity index (χ4n) is 3.19. The first kappa shape index (κ1) is 20.4. The predicted molar refractivity (Wildman–Crippen MR) is 113 cm³/mol. The van der Waals surface area contributed by atoms with Crippen LogP contribution in [0.4, 0.5) is 8.78 Å². The summed E-state index contributed by atoms with van der Waals surface area (Å²) >= 11 is 1.42. The van der Waals surface area contributed by atoms with Crippen LogP contribution in [0.25, 0.3) is 11.0 Å². The maximum absolute atomic E-state index is 13.2. The number of aromatic nitrogens is 3. The van der Waals surface area contributed by atoms with Crippen LogP contribution in [0.1, 0.15) is 11.3 Å². The molecule has 4 aromatic rings. The Labute approximate surface area is 185 Å².